The summed E-state index contributed by atoms with van der Waals surface area (Å²) in [6.07, 6.45) is 0.492. The number of amides is 1. The third-order valence-corrected chi connectivity index (χ3v) is 4.71. The lowest BCUT2D eigenvalue weighted by atomic mass is 9.98. The van der Waals surface area contributed by atoms with Crippen LogP contribution in [0.3, 0.4) is 0 Å². The molecule has 2 aromatic rings. The highest BCUT2D eigenvalue weighted by Crippen LogP contribution is 2.24. The third kappa shape index (κ3) is 4.20. The van der Waals surface area contributed by atoms with Gasteiger partial charge in [0.2, 0.25) is 5.91 Å². The summed E-state index contributed by atoms with van der Waals surface area (Å²) in [4.78, 5) is 24.1. The zero-order valence-corrected chi connectivity index (χ0v) is 15.5. The highest BCUT2D eigenvalue weighted by Gasteiger charge is 2.27. The van der Waals surface area contributed by atoms with Crippen LogP contribution in [0.4, 0.5) is 0 Å². The summed E-state index contributed by atoms with van der Waals surface area (Å²) in [5.74, 6) is -1.89. The zero-order valence-electron chi connectivity index (χ0n) is 14.7. The molecular formula is C18H22ClN3O3. The average Bonchev–Trinajstić information content (AvgIpc) is 2.79. The number of carboxylic acid groups (broad SMARTS) is 1. The number of rotatable bonds is 6. The van der Waals surface area contributed by atoms with E-state index >= 15 is 0 Å². The van der Waals surface area contributed by atoms with Crippen LogP contribution in [0.15, 0.2) is 24.3 Å². The van der Waals surface area contributed by atoms with Crippen LogP contribution in [-0.4, -0.2) is 26.8 Å². The number of aliphatic carboxylic acids is 1. The summed E-state index contributed by atoms with van der Waals surface area (Å²) in [6, 6.07) is 5.42. The second-order valence-corrected chi connectivity index (χ2v) is 6.59. The molecule has 0 saturated heterocycles. The van der Waals surface area contributed by atoms with E-state index in [2.05, 4.69) is 10.4 Å². The Bertz CT molecular complexity index is 801. The first-order chi connectivity index (χ1) is 11.7. The molecule has 0 spiro atoms. The van der Waals surface area contributed by atoms with Crippen LogP contribution in [0.25, 0.3) is 0 Å². The van der Waals surface area contributed by atoms with Crippen molar-refractivity contribution in [1.82, 2.24) is 15.1 Å². The van der Waals surface area contributed by atoms with E-state index in [0.717, 1.165) is 17.0 Å². The number of halogens is 1. The quantitative estimate of drug-likeness (QED) is 0.826. The summed E-state index contributed by atoms with van der Waals surface area (Å²) >= 11 is 6.07. The monoisotopic (exact) mass is 363 g/mol. The smallest absolute Gasteiger partial charge is 0.330 e. The molecule has 7 heteroatoms. The number of carboxylic acids is 1. The lowest BCUT2D eigenvalue weighted by molar-refractivity contribution is -0.142. The SMILES string of the molecule is Cc1nn(C)c(C)c1CC(C)C(=O)NC(C(=O)O)c1ccccc1Cl. The molecular weight excluding hydrogens is 342 g/mol. The van der Waals surface area contributed by atoms with Crippen LogP contribution >= 0.6 is 11.6 Å². The van der Waals surface area contributed by atoms with Crippen molar-refractivity contribution in [1.29, 1.82) is 0 Å². The first kappa shape index (κ1) is 19.0. The van der Waals surface area contributed by atoms with E-state index in [0.29, 0.717) is 17.0 Å². The molecule has 1 aromatic heterocycles. The molecule has 2 N–H and O–H groups in total. The molecule has 2 unspecified atom stereocenters. The van der Waals surface area contributed by atoms with Crippen molar-refractivity contribution in [2.75, 3.05) is 0 Å². The summed E-state index contributed by atoms with van der Waals surface area (Å²) in [7, 11) is 1.86. The van der Waals surface area contributed by atoms with Gasteiger partial charge in [-0.3, -0.25) is 9.48 Å². The molecule has 2 atom stereocenters. The second-order valence-electron chi connectivity index (χ2n) is 6.18. The van der Waals surface area contributed by atoms with Crippen molar-refractivity contribution in [3.05, 3.63) is 51.8 Å². The second kappa shape index (κ2) is 7.70. The molecule has 1 aromatic carbocycles. The van der Waals surface area contributed by atoms with Crippen molar-refractivity contribution < 1.29 is 14.7 Å². The topological polar surface area (TPSA) is 84.2 Å². The number of nitrogens with zero attached hydrogens (tertiary/aromatic N) is 2. The summed E-state index contributed by atoms with van der Waals surface area (Å²) in [5.41, 5.74) is 3.25. The largest absolute Gasteiger partial charge is 0.479 e. The van der Waals surface area contributed by atoms with E-state index < -0.39 is 17.9 Å². The number of hydrogen-bond acceptors (Lipinski definition) is 3. The van der Waals surface area contributed by atoms with Crippen LogP contribution in [0.1, 0.15) is 35.5 Å². The third-order valence-electron chi connectivity index (χ3n) is 4.37. The van der Waals surface area contributed by atoms with Crippen molar-refractivity contribution in [2.45, 2.75) is 33.2 Å². The average molecular weight is 364 g/mol. The Morgan fingerprint density at radius 2 is 1.96 bits per heavy atom. The summed E-state index contributed by atoms with van der Waals surface area (Å²) in [6.45, 7) is 5.62. The lowest BCUT2D eigenvalue weighted by Gasteiger charge is -2.19. The van der Waals surface area contributed by atoms with Crippen LogP contribution in [-0.2, 0) is 23.1 Å². The van der Waals surface area contributed by atoms with Gasteiger partial charge in [0.05, 0.1) is 5.69 Å². The van der Waals surface area contributed by atoms with Gasteiger partial charge >= 0.3 is 5.97 Å². The molecule has 1 heterocycles. The predicted molar refractivity (Wildman–Crippen MR) is 95.5 cm³/mol. The first-order valence-corrected chi connectivity index (χ1v) is 8.36. The number of aromatic nitrogens is 2. The maximum atomic E-state index is 12.5. The van der Waals surface area contributed by atoms with Crippen molar-refractivity contribution in [3.8, 4) is 0 Å². The van der Waals surface area contributed by atoms with Gasteiger partial charge in [0.25, 0.3) is 0 Å². The summed E-state index contributed by atoms with van der Waals surface area (Å²) in [5, 5.41) is 16.7. The Morgan fingerprint density at radius 1 is 1.32 bits per heavy atom. The van der Waals surface area contributed by atoms with Crippen molar-refractivity contribution in [3.63, 3.8) is 0 Å². The highest BCUT2D eigenvalue weighted by molar-refractivity contribution is 6.31. The molecule has 134 valence electrons. The first-order valence-electron chi connectivity index (χ1n) is 7.99. The minimum atomic E-state index is -1.18. The molecule has 0 aliphatic heterocycles. The molecule has 0 fully saturated rings. The van der Waals surface area contributed by atoms with Gasteiger partial charge in [-0.2, -0.15) is 5.10 Å². The number of aryl methyl sites for hydroxylation is 2. The number of nitrogens with one attached hydrogen (secondary N) is 1. The van der Waals surface area contributed by atoms with E-state index in [1.54, 1.807) is 35.9 Å². The van der Waals surface area contributed by atoms with Gasteiger partial charge in [-0.15, -0.1) is 0 Å². The van der Waals surface area contributed by atoms with Gasteiger partial charge < -0.3 is 10.4 Å². The fourth-order valence-corrected chi connectivity index (χ4v) is 3.02. The Kier molecular flexibility index (Phi) is 5.85. The van der Waals surface area contributed by atoms with E-state index in [9.17, 15) is 14.7 Å². The van der Waals surface area contributed by atoms with Gasteiger partial charge in [0, 0.05) is 29.2 Å². The van der Waals surface area contributed by atoms with E-state index in [4.69, 9.17) is 11.6 Å². The molecule has 0 bridgehead atoms. The fourth-order valence-electron chi connectivity index (χ4n) is 2.78. The molecule has 6 nitrogen and oxygen atoms in total. The van der Waals surface area contributed by atoms with Gasteiger partial charge in [-0.25, -0.2) is 4.79 Å². The van der Waals surface area contributed by atoms with Gasteiger partial charge in [0.15, 0.2) is 6.04 Å². The molecule has 2 rings (SSSR count). The van der Waals surface area contributed by atoms with Crippen molar-refractivity contribution >= 4 is 23.5 Å². The molecule has 0 aliphatic rings. The Balaban J connectivity index is 2.16. The van der Waals surface area contributed by atoms with Crippen LogP contribution in [0, 0.1) is 19.8 Å². The van der Waals surface area contributed by atoms with E-state index in [1.165, 1.54) is 0 Å². The molecule has 1 amide bonds. The minimum Gasteiger partial charge on any atom is -0.479 e. The van der Waals surface area contributed by atoms with Gasteiger partial charge in [-0.05, 0) is 31.9 Å². The van der Waals surface area contributed by atoms with Gasteiger partial charge in [-0.1, -0.05) is 36.7 Å². The zero-order chi connectivity index (χ0) is 18.7. The molecule has 0 aliphatic carbocycles. The normalized spacial score (nSPS) is 13.3. The Hall–Kier alpha value is -2.34. The van der Waals surface area contributed by atoms with E-state index in [-0.39, 0.29) is 5.91 Å². The number of benzene rings is 1. The van der Waals surface area contributed by atoms with Gasteiger partial charge in [0.1, 0.15) is 0 Å². The minimum absolute atomic E-state index is 0.307. The number of hydrogen-bond donors (Lipinski definition) is 2. The van der Waals surface area contributed by atoms with Crippen LogP contribution < -0.4 is 5.32 Å². The molecule has 25 heavy (non-hydrogen) atoms. The number of carbonyl (C=O) groups is 2. The Morgan fingerprint density at radius 3 is 2.48 bits per heavy atom. The lowest BCUT2D eigenvalue weighted by Crippen LogP contribution is -2.37. The van der Waals surface area contributed by atoms with Crippen molar-refractivity contribution in [2.24, 2.45) is 13.0 Å². The van der Waals surface area contributed by atoms with E-state index in [1.807, 2.05) is 20.9 Å². The molecule has 0 radical (unpaired) electrons. The maximum Gasteiger partial charge on any atom is 0.330 e. The van der Waals surface area contributed by atoms with Crippen LogP contribution in [0.2, 0.25) is 5.02 Å². The highest BCUT2D eigenvalue weighted by atomic mass is 35.5. The molecule has 0 saturated carbocycles. The van der Waals surface area contributed by atoms with Crippen LogP contribution in [0.5, 0.6) is 0 Å². The predicted octanol–water partition coefficient (Wildman–Crippen LogP) is 2.81. The standard InChI is InChI=1S/C18H22ClN3O3/c1-10(9-14-11(2)21-22(4)12(14)3)17(23)20-16(18(24)25)13-7-5-6-8-15(13)19/h5-8,10,16H,9H2,1-4H3,(H,20,23)(H,24,25). The maximum absolute atomic E-state index is 12.5. The Labute approximate surface area is 151 Å². The fraction of sp³-hybridized carbons (Fsp3) is 0.389. The summed E-state index contributed by atoms with van der Waals surface area (Å²) < 4.78 is 1.78. The number of carbonyl (C=O) groups excluding carboxylic acids is 1.